The van der Waals surface area contributed by atoms with Crippen LogP contribution in [-0.4, -0.2) is 29.4 Å². The van der Waals surface area contributed by atoms with E-state index in [-0.39, 0.29) is 12.5 Å². The van der Waals surface area contributed by atoms with Gasteiger partial charge in [0.05, 0.1) is 0 Å². The monoisotopic (exact) mass is 213 g/mol. The molecule has 6 heteroatoms. The van der Waals surface area contributed by atoms with Gasteiger partial charge in [0.1, 0.15) is 6.54 Å². The van der Waals surface area contributed by atoms with Gasteiger partial charge in [-0.1, -0.05) is 13.8 Å². The van der Waals surface area contributed by atoms with E-state index in [0.717, 1.165) is 11.4 Å². The lowest BCUT2D eigenvalue weighted by Crippen LogP contribution is -2.44. The number of urea groups is 1. The molecule has 0 radical (unpaired) electrons. The summed E-state index contributed by atoms with van der Waals surface area (Å²) in [4.78, 5) is 33.1. The highest BCUT2D eigenvalue weighted by atomic mass is 16.2. The Bertz CT molecular complexity index is 288. The highest BCUT2D eigenvalue weighted by molar-refractivity contribution is 6.02. The SMILES string of the molecule is CC(C)CCC(=O)NN1CC(=O)NC1=O. The van der Waals surface area contributed by atoms with Gasteiger partial charge in [-0.3, -0.25) is 20.3 Å². The lowest BCUT2D eigenvalue weighted by Gasteiger charge is -2.14. The molecule has 0 saturated carbocycles. The molecule has 0 unspecified atom stereocenters. The van der Waals surface area contributed by atoms with Crippen LogP contribution in [0.1, 0.15) is 26.7 Å². The van der Waals surface area contributed by atoms with Gasteiger partial charge < -0.3 is 0 Å². The first-order valence-corrected chi connectivity index (χ1v) is 4.90. The Morgan fingerprint density at radius 3 is 2.67 bits per heavy atom. The second kappa shape index (κ2) is 4.77. The summed E-state index contributed by atoms with van der Waals surface area (Å²) >= 11 is 0. The molecule has 1 saturated heterocycles. The van der Waals surface area contributed by atoms with Crippen LogP contribution < -0.4 is 10.7 Å². The summed E-state index contributed by atoms with van der Waals surface area (Å²) in [5, 5.41) is 3.06. The van der Waals surface area contributed by atoms with Gasteiger partial charge in [0.15, 0.2) is 0 Å². The Morgan fingerprint density at radius 1 is 1.53 bits per heavy atom. The van der Waals surface area contributed by atoms with Gasteiger partial charge in [-0.25, -0.2) is 9.80 Å². The van der Waals surface area contributed by atoms with Gasteiger partial charge in [-0.05, 0) is 12.3 Å². The van der Waals surface area contributed by atoms with Crippen molar-refractivity contribution in [3.8, 4) is 0 Å². The Kier molecular flexibility index (Phi) is 3.65. The highest BCUT2D eigenvalue weighted by Gasteiger charge is 2.27. The van der Waals surface area contributed by atoms with Crippen molar-refractivity contribution < 1.29 is 14.4 Å². The topological polar surface area (TPSA) is 78.5 Å². The molecule has 0 aliphatic carbocycles. The van der Waals surface area contributed by atoms with Gasteiger partial charge in [-0.2, -0.15) is 0 Å². The van der Waals surface area contributed by atoms with Crippen molar-refractivity contribution in [1.29, 1.82) is 0 Å². The predicted molar refractivity (Wildman–Crippen MR) is 52.5 cm³/mol. The third kappa shape index (κ3) is 3.57. The molecule has 0 aromatic carbocycles. The number of nitrogens with zero attached hydrogens (tertiary/aromatic N) is 1. The van der Waals surface area contributed by atoms with E-state index in [4.69, 9.17) is 0 Å². The number of imide groups is 1. The zero-order valence-electron chi connectivity index (χ0n) is 8.87. The van der Waals surface area contributed by atoms with Crippen LogP contribution in [0, 0.1) is 5.92 Å². The molecule has 6 nitrogen and oxygen atoms in total. The maximum Gasteiger partial charge on any atom is 0.343 e. The number of carbonyl (C=O) groups is 3. The minimum atomic E-state index is -0.571. The lowest BCUT2D eigenvalue weighted by molar-refractivity contribution is -0.125. The van der Waals surface area contributed by atoms with Crippen molar-refractivity contribution in [2.45, 2.75) is 26.7 Å². The molecular formula is C9H15N3O3. The van der Waals surface area contributed by atoms with Crippen LogP contribution in [0.25, 0.3) is 0 Å². The largest absolute Gasteiger partial charge is 0.343 e. The molecule has 15 heavy (non-hydrogen) atoms. The second-order valence-corrected chi connectivity index (χ2v) is 3.91. The van der Waals surface area contributed by atoms with E-state index in [0.29, 0.717) is 12.3 Å². The first kappa shape index (κ1) is 11.5. The van der Waals surface area contributed by atoms with Gasteiger partial charge in [0, 0.05) is 6.42 Å². The summed E-state index contributed by atoms with van der Waals surface area (Å²) in [5.41, 5.74) is 2.38. The normalized spacial score (nSPS) is 15.8. The van der Waals surface area contributed by atoms with Crippen molar-refractivity contribution in [1.82, 2.24) is 15.8 Å². The Hall–Kier alpha value is -1.59. The Balaban J connectivity index is 2.32. The Labute approximate surface area is 88.0 Å². The first-order valence-electron chi connectivity index (χ1n) is 4.90. The van der Waals surface area contributed by atoms with Crippen molar-refractivity contribution in [2.75, 3.05) is 6.54 Å². The molecule has 2 N–H and O–H groups in total. The fourth-order valence-corrected chi connectivity index (χ4v) is 1.16. The van der Waals surface area contributed by atoms with Crippen LogP contribution in [0.3, 0.4) is 0 Å². The van der Waals surface area contributed by atoms with E-state index in [1.165, 1.54) is 0 Å². The van der Waals surface area contributed by atoms with Crippen LogP contribution in [0.5, 0.6) is 0 Å². The van der Waals surface area contributed by atoms with Crippen LogP contribution in [0.15, 0.2) is 0 Å². The maximum atomic E-state index is 11.3. The zero-order chi connectivity index (χ0) is 11.4. The number of amides is 4. The van der Waals surface area contributed by atoms with Gasteiger partial charge in [-0.15, -0.1) is 0 Å². The third-order valence-electron chi connectivity index (χ3n) is 2.00. The molecule has 1 rings (SSSR count). The second-order valence-electron chi connectivity index (χ2n) is 3.91. The van der Waals surface area contributed by atoms with Gasteiger partial charge in [0.25, 0.3) is 0 Å². The molecule has 1 aliphatic rings. The zero-order valence-corrected chi connectivity index (χ0v) is 8.87. The molecule has 0 aromatic rings. The van der Waals surface area contributed by atoms with E-state index in [2.05, 4.69) is 10.7 Å². The molecule has 84 valence electrons. The minimum Gasteiger partial charge on any atom is -0.275 e. The molecule has 1 fully saturated rings. The van der Waals surface area contributed by atoms with Crippen molar-refractivity contribution >= 4 is 17.8 Å². The quantitative estimate of drug-likeness (QED) is 0.645. The number of rotatable bonds is 4. The predicted octanol–water partition coefficient (Wildman–Crippen LogP) is 0.00560. The van der Waals surface area contributed by atoms with Gasteiger partial charge in [0.2, 0.25) is 11.8 Å². The van der Waals surface area contributed by atoms with E-state index in [9.17, 15) is 14.4 Å². The molecular weight excluding hydrogens is 198 g/mol. The van der Waals surface area contributed by atoms with E-state index in [1.807, 2.05) is 13.8 Å². The summed E-state index contributed by atoms with van der Waals surface area (Å²) in [6.45, 7) is 3.92. The summed E-state index contributed by atoms with van der Waals surface area (Å²) in [6.07, 6.45) is 1.12. The highest BCUT2D eigenvalue weighted by Crippen LogP contribution is 2.03. The van der Waals surface area contributed by atoms with Crippen molar-refractivity contribution in [2.24, 2.45) is 5.92 Å². The molecule has 0 bridgehead atoms. The van der Waals surface area contributed by atoms with E-state index in [1.54, 1.807) is 0 Å². The number of hydrazine groups is 1. The average Bonchev–Trinajstić information content (AvgIpc) is 2.42. The minimum absolute atomic E-state index is 0.105. The molecule has 0 spiro atoms. The number of nitrogens with one attached hydrogen (secondary N) is 2. The lowest BCUT2D eigenvalue weighted by atomic mass is 10.1. The standard InChI is InChI=1S/C9H15N3O3/c1-6(2)3-4-7(13)11-12-5-8(14)10-9(12)15/h6H,3-5H2,1-2H3,(H,11,13)(H,10,14,15). The molecule has 1 aliphatic heterocycles. The number of carbonyl (C=O) groups excluding carboxylic acids is 3. The van der Waals surface area contributed by atoms with Crippen LogP contribution >= 0.6 is 0 Å². The maximum absolute atomic E-state index is 11.3. The number of hydrogen-bond donors (Lipinski definition) is 2. The molecule has 0 atom stereocenters. The van der Waals surface area contributed by atoms with Crippen LogP contribution in [-0.2, 0) is 9.59 Å². The van der Waals surface area contributed by atoms with Crippen molar-refractivity contribution in [3.63, 3.8) is 0 Å². The molecule has 1 heterocycles. The molecule has 0 aromatic heterocycles. The molecule has 4 amide bonds. The van der Waals surface area contributed by atoms with Crippen molar-refractivity contribution in [3.05, 3.63) is 0 Å². The third-order valence-corrected chi connectivity index (χ3v) is 2.00. The average molecular weight is 213 g/mol. The first-order chi connectivity index (χ1) is 6.99. The van der Waals surface area contributed by atoms with Crippen LogP contribution in [0.2, 0.25) is 0 Å². The van der Waals surface area contributed by atoms with Gasteiger partial charge >= 0.3 is 6.03 Å². The Morgan fingerprint density at radius 2 is 2.20 bits per heavy atom. The summed E-state index contributed by atoms with van der Waals surface area (Å²) in [5.74, 6) is -0.206. The smallest absolute Gasteiger partial charge is 0.275 e. The fourth-order valence-electron chi connectivity index (χ4n) is 1.16. The summed E-state index contributed by atoms with van der Waals surface area (Å²) in [6, 6.07) is -0.571. The van der Waals surface area contributed by atoms with E-state index >= 15 is 0 Å². The fraction of sp³-hybridized carbons (Fsp3) is 0.667. The van der Waals surface area contributed by atoms with E-state index < -0.39 is 11.9 Å². The number of hydrogen-bond acceptors (Lipinski definition) is 3. The summed E-state index contributed by atoms with van der Waals surface area (Å²) < 4.78 is 0. The van der Waals surface area contributed by atoms with Crippen LogP contribution in [0.4, 0.5) is 4.79 Å². The summed E-state index contributed by atoms with van der Waals surface area (Å²) in [7, 11) is 0.